The van der Waals surface area contributed by atoms with Crippen molar-refractivity contribution in [2.24, 2.45) is 0 Å². The van der Waals surface area contributed by atoms with Gasteiger partial charge in [0.15, 0.2) is 5.82 Å². The van der Waals surface area contributed by atoms with Crippen LogP contribution in [-0.4, -0.2) is 15.0 Å². The smallest absolute Gasteiger partial charge is 0.160 e. The van der Waals surface area contributed by atoms with Crippen LogP contribution >= 0.6 is 0 Å². The molecule has 3 heteroatoms. The molecule has 0 atom stereocenters. The minimum atomic E-state index is -0.137. The van der Waals surface area contributed by atoms with E-state index in [0.29, 0.717) is 5.82 Å². The highest BCUT2D eigenvalue weighted by molar-refractivity contribution is 6.01. The number of hydrogen-bond donors (Lipinski definition) is 0. The van der Waals surface area contributed by atoms with Gasteiger partial charge in [0.05, 0.1) is 11.4 Å². The van der Waals surface area contributed by atoms with Crippen molar-refractivity contribution < 1.29 is 0 Å². The van der Waals surface area contributed by atoms with Crippen LogP contribution in [0, 0.1) is 0 Å². The maximum absolute atomic E-state index is 5.24. The first-order valence-electron chi connectivity index (χ1n) is 14.7. The molecule has 7 aromatic rings. The summed E-state index contributed by atoms with van der Waals surface area (Å²) in [5.74, 6) is 0.711. The molecule has 3 nitrogen and oxygen atoms in total. The van der Waals surface area contributed by atoms with Gasteiger partial charge >= 0.3 is 0 Å². The van der Waals surface area contributed by atoms with E-state index in [1.807, 2.05) is 18.3 Å². The SMILES string of the molecule is CC1(C)c2cccc(-c3cc(-c4ccccc4)nc(-c4ccc(-c5cccnc5)cc4)n3)c2-c2ccc3ccccc3c21. The third kappa shape index (κ3) is 4.16. The van der Waals surface area contributed by atoms with Crippen LogP contribution in [-0.2, 0) is 5.41 Å². The summed E-state index contributed by atoms with van der Waals surface area (Å²) in [7, 11) is 0. The number of hydrogen-bond acceptors (Lipinski definition) is 3. The Labute approximate surface area is 251 Å². The summed E-state index contributed by atoms with van der Waals surface area (Å²) < 4.78 is 0. The van der Waals surface area contributed by atoms with E-state index >= 15 is 0 Å². The van der Waals surface area contributed by atoms with Gasteiger partial charge in [-0.05, 0) is 56.3 Å². The van der Waals surface area contributed by atoms with Gasteiger partial charge in [0.1, 0.15) is 0 Å². The Morgan fingerprint density at radius 1 is 0.535 bits per heavy atom. The van der Waals surface area contributed by atoms with Gasteiger partial charge < -0.3 is 0 Å². The first-order chi connectivity index (χ1) is 21.1. The Kier molecular flexibility index (Phi) is 5.80. The van der Waals surface area contributed by atoms with Crippen LogP contribution in [0.4, 0.5) is 0 Å². The van der Waals surface area contributed by atoms with Gasteiger partial charge in [0.2, 0.25) is 0 Å². The molecule has 5 aromatic carbocycles. The van der Waals surface area contributed by atoms with Crippen LogP contribution in [0.2, 0.25) is 0 Å². The molecule has 0 N–H and O–H groups in total. The van der Waals surface area contributed by atoms with Crippen molar-refractivity contribution in [1.29, 1.82) is 0 Å². The zero-order valence-electron chi connectivity index (χ0n) is 24.1. The van der Waals surface area contributed by atoms with E-state index in [2.05, 4.69) is 134 Å². The standard InChI is InChI=1S/C40H29N3/c1-40(2)34-16-8-15-32(37(34)33-22-21-27-10-6-7-14-31(27)38(33)40)36-24-35(28-11-4-3-5-12-28)42-39(43-36)29-19-17-26(18-20-29)30-13-9-23-41-25-30/h3-25H,1-2H3. The summed E-state index contributed by atoms with van der Waals surface area (Å²) in [6.07, 6.45) is 3.68. The zero-order valence-corrected chi connectivity index (χ0v) is 24.1. The van der Waals surface area contributed by atoms with Crippen LogP contribution in [0.3, 0.4) is 0 Å². The van der Waals surface area contributed by atoms with Gasteiger partial charge in [0, 0.05) is 34.5 Å². The molecular weight excluding hydrogens is 522 g/mol. The second kappa shape index (κ2) is 9.85. The Morgan fingerprint density at radius 2 is 1.28 bits per heavy atom. The van der Waals surface area contributed by atoms with Crippen molar-refractivity contribution in [2.45, 2.75) is 19.3 Å². The van der Waals surface area contributed by atoms with Crippen LogP contribution in [0.25, 0.3) is 66.9 Å². The van der Waals surface area contributed by atoms with Gasteiger partial charge in [0.25, 0.3) is 0 Å². The molecule has 0 saturated heterocycles. The van der Waals surface area contributed by atoms with Gasteiger partial charge in [-0.3, -0.25) is 4.98 Å². The maximum atomic E-state index is 5.24. The van der Waals surface area contributed by atoms with Crippen LogP contribution in [0.5, 0.6) is 0 Å². The van der Waals surface area contributed by atoms with Crippen LogP contribution in [0.15, 0.2) is 140 Å². The first kappa shape index (κ1) is 25.3. The van der Waals surface area contributed by atoms with Crippen molar-refractivity contribution >= 4 is 10.8 Å². The monoisotopic (exact) mass is 551 g/mol. The average molecular weight is 552 g/mol. The molecular formula is C40H29N3. The second-order valence-corrected chi connectivity index (χ2v) is 11.7. The van der Waals surface area contributed by atoms with E-state index in [9.17, 15) is 0 Å². The number of nitrogens with zero attached hydrogens (tertiary/aromatic N) is 3. The molecule has 204 valence electrons. The number of fused-ring (bicyclic) bond motifs is 5. The predicted molar refractivity (Wildman–Crippen MR) is 177 cm³/mol. The van der Waals surface area contributed by atoms with Crippen LogP contribution < -0.4 is 0 Å². The maximum Gasteiger partial charge on any atom is 0.160 e. The molecule has 43 heavy (non-hydrogen) atoms. The lowest BCUT2D eigenvalue weighted by atomic mass is 9.80. The topological polar surface area (TPSA) is 38.7 Å². The summed E-state index contributed by atoms with van der Waals surface area (Å²) >= 11 is 0. The Hall–Kier alpha value is -5.41. The fourth-order valence-corrected chi connectivity index (χ4v) is 6.68. The lowest BCUT2D eigenvalue weighted by Gasteiger charge is -2.23. The molecule has 1 aliphatic carbocycles. The van der Waals surface area contributed by atoms with E-state index in [1.165, 1.54) is 33.0 Å². The highest BCUT2D eigenvalue weighted by atomic mass is 14.9. The van der Waals surface area contributed by atoms with Gasteiger partial charge in [-0.25, -0.2) is 9.97 Å². The Morgan fingerprint density at radius 3 is 2.09 bits per heavy atom. The van der Waals surface area contributed by atoms with Gasteiger partial charge in [-0.2, -0.15) is 0 Å². The van der Waals surface area contributed by atoms with E-state index in [0.717, 1.165) is 39.2 Å². The molecule has 0 saturated carbocycles. The van der Waals surface area contributed by atoms with E-state index in [4.69, 9.17) is 9.97 Å². The number of rotatable bonds is 4. The molecule has 0 aliphatic heterocycles. The van der Waals surface area contributed by atoms with E-state index < -0.39 is 0 Å². The normalized spacial score (nSPS) is 13.1. The highest BCUT2D eigenvalue weighted by Crippen LogP contribution is 2.54. The molecule has 0 spiro atoms. The Bertz CT molecular complexity index is 2130. The first-order valence-corrected chi connectivity index (χ1v) is 14.7. The summed E-state index contributed by atoms with van der Waals surface area (Å²) in [5, 5.41) is 2.59. The third-order valence-electron chi connectivity index (χ3n) is 8.77. The molecule has 0 unspecified atom stereocenters. The second-order valence-electron chi connectivity index (χ2n) is 11.7. The average Bonchev–Trinajstić information content (AvgIpc) is 3.32. The minimum Gasteiger partial charge on any atom is -0.264 e. The molecule has 0 amide bonds. The molecule has 2 heterocycles. The van der Waals surface area contributed by atoms with Crippen molar-refractivity contribution in [1.82, 2.24) is 15.0 Å². The molecule has 0 radical (unpaired) electrons. The zero-order chi connectivity index (χ0) is 29.0. The van der Waals surface area contributed by atoms with Crippen molar-refractivity contribution in [3.05, 3.63) is 151 Å². The van der Waals surface area contributed by atoms with Crippen LogP contribution in [0.1, 0.15) is 25.0 Å². The van der Waals surface area contributed by atoms with Gasteiger partial charge in [-0.1, -0.05) is 129 Å². The summed E-state index contributed by atoms with van der Waals surface area (Å²) in [5.41, 5.74) is 12.3. The number of benzene rings is 5. The van der Waals surface area contributed by atoms with Crippen molar-refractivity contribution in [2.75, 3.05) is 0 Å². The minimum absolute atomic E-state index is 0.137. The van der Waals surface area contributed by atoms with Crippen molar-refractivity contribution in [3.8, 4) is 56.2 Å². The fraction of sp³-hybridized carbons (Fsp3) is 0.0750. The molecule has 8 rings (SSSR count). The summed E-state index contributed by atoms with van der Waals surface area (Å²) in [4.78, 5) is 14.6. The number of pyridine rings is 1. The summed E-state index contributed by atoms with van der Waals surface area (Å²) in [6, 6.07) is 45.0. The van der Waals surface area contributed by atoms with E-state index in [-0.39, 0.29) is 5.41 Å². The lowest BCUT2D eigenvalue weighted by molar-refractivity contribution is 0.666. The predicted octanol–water partition coefficient (Wildman–Crippen LogP) is 10.00. The quantitative estimate of drug-likeness (QED) is 0.218. The number of aromatic nitrogens is 3. The fourth-order valence-electron chi connectivity index (χ4n) is 6.68. The van der Waals surface area contributed by atoms with E-state index in [1.54, 1.807) is 6.20 Å². The Balaban J connectivity index is 1.33. The molecule has 0 bridgehead atoms. The van der Waals surface area contributed by atoms with Gasteiger partial charge in [-0.15, -0.1) is 0 Å². The third-order valence-corrected chi connectivity index (χ3v) is 8.77. The molecule has 0 fully saturated rings. The highest BCUT2D eigenvalue weighted by Gasteiger charge is 2.38. The lowest BCUT2D eigenvalue weighted by Crippen LogP contribution is -2.15. The largest absolute Gasteiger partial charge is 0.264 e. The molecule has 1 aliphatic rings. The summed E-state index contributed by atoms with van der Waals surface area (Å²) in [6.45, 7) is 4.69. The molecule has 2 aromatic heterocycles. The van der Waals surface area contributed by atoms with Crippen molar-refractivity contribution in [3.63, 3.8) is 0 Å².